The molecular formula is C10H8ClFN2O2. The monoisotopic (exact) mass is 242 g/mol. The summed E-state index contributed by atoms with van der Waals surface area (Å²) >= 11 is 5.97. The molecular weight excluding hydrogens is 235 g/mol. The van der Waals surface area contributed by atoms with Gasteiger partial charge in [-0.15, -0.1) is 0 Å². The molecule has 84 valence electrons. The first kappa shape index (κ1) is 10.8. The minimum Gasteiger partial charge on any atom is -0.493 e. The molecule has 0 radical (unpaired) electrons. The lowest BCUT2D eigenvalue weighted by Crippen LogP contribution is -1.94. The molecule has 1 heterocycles. The smallest absolute Gasteiger partial charge is 0.230 e. The van der Waals surface area contributed by atoms with Gasteiger partial charge in [-0.05, 0) is 12.1 Å². The first-order chi connectivity index (χ1) is 7.65. The Morgan fingerprint density at radius 3 is 2.81 bits per heavy atom. The summed E-state index contributed by atoms with van der Waals surface area (Å²) in [6, 6.07) is 2.63. The Bertz CT molecular complexity index is 528. The zero-order valence-corrected chi connectivity index (χ0v) is 9.08. The molecule has 0 atom stereocenters. The second-order valence-electron chi connectivity index (χ2n) is 3.04. The third-order valence-electron chi connectivity index (χ3n) is 2.13. The van der Waals surface area contributed by atoms with E-state index in [1.54, 1.807) is 0 Å². The van der Waals surface area contributed by atoms with Crippen molar-refractivity contribution in [2.24, 2.45) is 0 Å². The van der Waals surface area contributed by atoms with Gasteiger partial charge in [0.05, 0.1) is 29.5 Å². The minimum absolute atomic E-state index is 0.0161. The van der Waals surface area contributed by atoms with Crippen LogP contribution in [0.5, 0.6) is 5.75 Å². The van der Waals surface area contributed by atoms with E-state index in [-0.39, 0.29) is 11.6 Å². The van der Waals surface area contributed by atoms with Crippen LogP contribution in [0.15, 0.2) is 22.9 Å². The molecule has 0 unspecified atom stereocenters. The van der Waals surface area contributed by atoms with E-state index in [2.05, 4.69) is 5.16 Å². The molecule has 4 nitrogen and oxygen atoms in total. The minimum atomic E-state index is -0.525. The molecule has 16 heavy (non-hydrogen) atoms. The Labute approximate surface area is 95.7 Å². The van der Waals surface area contributed by atoms with E-state index in [9.17, 15) is 4.39 Å². The van der Waals surface area contributed by atoms with E-state index >= 15 is 0 Å². The summed E-state index contributed by atoms with van der Waals surface area (Å²) in [5.74, 6) is -0.448. The predicted molar refractivity (Wildman–Crippen MR) is 57.9 cm³/mol. The molecule has 2 aromatic rings. The van der Waals surface area contributed by atoms with Crippen LogP contribution < -0.4 is 10.5 Å². The Kier molecular flexibility index (Phi) is 2.70. The molecule has 0 aliphatic carbocycles. The third-order valence-corrected chi connectivity index (χ3v) is 2.45. The van der Waals surface area contributed by atoms with E-state index in [4.69, 9.17) is 26.6 Å². The highest BCUT2D eigenvalue weighted by atomic mass is 35.5. The third kappa shape index (κ3) is 1.59. The molecule has 1 aromatic heterocycles. The Morgan fingerprint density at radius 1 is 1.50 bits per heavy atom. The van der Waals surface area contributed by atoms with Crippen molar-refractivity contribution in [2.75, 3.05) is 12.8 Å². The molecule has 1 aromatic carbocycles. The SMILES string of the molecule is COc1c(F)ccc(Cl)c1-c1cnoc1N. The molecule has 2 rings (SSSR count). The van der Waals surface area contributed by atoms with Crippen molar-refractivity contribution in [2.45, 2.75) is 0 Å². The van der Waals surface area contributed by atoms with Crippen LogP contribution in [0.4, 0.5) is 10.3 Å². The van der Waals surface area contributed by atoms with E-state index in [1.165, 1.54) is 25.4 Å². The number of hydrogen-bond donors (Lipinski definition) is 1. The van der Waals surface area contributed by atoms with Crippen LogP contribution in [-0.2, 0) is 0 Å². The molecule has 2 N–H and O–H groups in total. The van der Waals surface area contributed by atoms with E-state index in [0.717, 1.165) is 0 Å². The molecule has 0 amide bonds. The van der Waals surface area contributed by atoms with Gasteiger partial charge in [-0.25, -0.2) is 4.39 Å². The Morgan fingerprint density at radius 2 is 2.25 bits per heavy atom. The van der Waals surface area contributed by atoms with E-state index < -0.39 is 5.82 Å². The molecule has 0 aliphatic heterocycles. The maximum absolute atomic E-state index is 13.5. The molecule has 0 saturated heterocycles. The maximum Gasteiger partial charge on any atom is 0.230 e. The highest BCUT2D eigenvalue weighted by Gasteiger charge is 2.19. The van der Waals surface area contributed by atoms with Crippen LogP contribution in [0.25, 0.3) is 11.1 Å². The van der Waals surface area contributed by atoms with Crippen LogP contribution >= 0.6 is 11.6 Å². The predicted octanol–water partition coefficient (Wildman–Crippen LogP) is 2.72. The van der Waals surface area contributed by atoms with Crippen molar-refractivity contribution < 1.29 is 13.7 Å². The molecule has 0 fully saturated rings. The van der Waals surface area contributed by atoms with E-state index in [1.807, 2.05) is 0 Å². The van der Waals surface area contributed by atoms with Gasteiger partial charge in [-0.2, -0.15) is 0 Å². The highest BCUT2D eigenvalue weighted by Crippen LogP contribution is 2.40. The largest absolute Gasteiger partial charge is 0.493 e. The normalized spacial score (nSPS) is 10.4. The van der Waals surface area contributed by atoms with Gasteiger partial charge in [0.15, 0.2) is 11.6 Å². The second-order valence-corrected chi connectivity index (χ2v) is 3.45. The fourth-order valence-electron chi connectivity index (χ4n) is 1.42. The van der Waals surface area contributed by atoms with Crippen molar-refractivity contribution in [1.29, 1.82) is 0 Å². The number of aromatic nitrogens is 1. The summed E-state index contributed by atoms with van der Waals surface area (Å²) in [4.78, 5) is 0. The lowest BCUT2D eigenvalue weighted by Gasteiger charge is -2.09. The first-order valence-corrected chi connectivity index (χ1v) is 4.75. The standard InChI is InChI=1S/C10H8ClFN2O2/c1-15-9-7(12)3-2-6(11)8(9)5-4-14-16-10(5)13/h2-4H,13H2,1H3. The first-order valence-electron chi connectivity index (χ1n) is 4.37. The number of benzene rings is 1. The Hall–Kier alpha value is -1.75. The van der Waals surface area contributed by atoms with Crippen molar-refractivity contribution >= 4 is 17.5 Å². The highest BCUT2D eigenvalue weighted by molar-refractivity contribution is 6.33. The summed E-state index contributed by atoms with van der Waals surface area (Å²) in [5.41, 5.74) is 6.29. The number of hydrogen-bond acceptors (Lipinski definition) is 4. The molecule has 0 aliphatic rings. The van der Waals surface area contributed by atoms with Gasteiger partial charge in [0.25, 0.3) is 0 Å². The summed E-state index contributed by atoms with van der Waals surface area (Å²) in [5, 5.41) is 3.82. The summed E-state index contributed by atoms with van der Waals surface area (Å²) in [6.45, 7) is 0. The van der Waals surface area contributed by atoms with Gasteiger partial charge in [0, 0.05) is 0 Å². The number of nitrogens with two attached hydrogens (primary N) is 1. The zero-order valence-electron chi connectivity index (χ0n) is 8.33. The van der Waals surface area contributed by atoms with Crippen molar-refractivity contribution in [3.8, 4) is 16.9 Å². The van der Waals surface area contributed by atoms with Crippen LogP contribution in [0.3, 0.4) is 0 Å². The van der Waals surface area contributed by atoms with Gasteiger partial charge in [-0.1, -0.05) is 16.8 Å². The van der Waals surface area contributed by atoms with Crippen molar-refractivity contribution in [3.05, 3.63) is 29.2 Å². The molecule has 0 saturated carbocycles. The van der Waals surface area contributed by atoms with Gasteiger partial charge < -0.3 is 15.0 Å². The topological polar surface area (TPSA) is 61.3 Å². The van der Waals surface area contributed by atoms with Gasteiger partial charge in [0.1, 0.15) is 0 Å². The number of methoxy groups -OCH3 is 1. The zero-order chi connectivity index (χ0) is 11.7. The number of halogens is 2. The average Bonchev–Trinajstić information content (AvgIpc) is 2.67. The Balaban J connectivity index is 2.73. The van der Waals surface area contributed by atoms with Crippen LogP contribution in [0.1, 0.15) is 0 Å². The van der Waals surface area contributed by atoms with Gasteiger partial charge in [-0.3, -0.25) is 0 Å². The number of rotatable bonds is 2. The summed E-state index contributed by atoms with van der Waals surface area (Å²) in [7, 11) is 1.35. The lowest BCUT2D eigenvalue weighted by atomic mass is 10.1. The second kappa shape index (κ2) is 4.02. The van der Waals surface area contributed by atoms with Crippen LogP contribution in [-0.4, -0.2) is 12.3 Å². The summed E-state index contributed by atoms with van der Waals surface area (Å²) < 4.78 is 23.1. The molecule has 6 heteroatoms. The average molecular weight is 243 g/mol. The fourth-order valence-corrected chi connectivity index (χ4v) is 1.67. The summed E-state index contributed by atoms with van der Waals surface area (Å²) in [6.07, 6.45) is 1.36. The number of nitrogens with zero attached hydrogens (tertiary/aromatic N) is 1. The van der Waals surface area contributed by atoms with Gasteiger partial charge >= 0.3 is 0 Å². The van der Waals surface area contributed by atoms with Crippen molar-refractivity contribution in [3.63, 3.8) is 0 Å². The molecule has 0 bridgehead atoms. The van der Waals surface area contributed by atoms with Crippen LogP contribution in [0.2, 0.25) is 5.02 Å². The van der Waals surface area contributed by atoms with E-state index in [0.29, 0.717) is 16.1 Å². The number of ether oxygens (including phenoxy) is 1. The number of nitrogen functional groups attached to an aromatic ring is 1. The fraction of sp³-hybridized carbons (Fsp3) is 0.100. The maximum atomic E-state index is 13.5. The van der Waals surface area contributed by atoms with Crippen LogP contribution in [0, 0.1) is 5.82 Å². The number of anilines is 1. The molecule has 0 spiro atoms. The van der Waals surface area contributed by atoms with Gasteiger partial charge in [0.2, 0.25) is 5.88 Å². The van der Waals surface area contributed by atoms with Crippen molar-refractivity contribution in [1.82, 2.24) is 5.16 Å². The lowest BCUT2D eigenvalue weighted by molar-refractivity contribution is 0.388. The quantitative estimate of drug-likeness (QED) is 0.880.